The molecule has 1 aliphatic carbocycles. The SMILES string of the molecule is COC(=O)N[C@H](COc1ccc(C#N)cc1)CN1CC2CCC(C1)C2N(C)C(=O)Nc1ccc(SC(F)(F)F)cc1. The van der Waals surface area contributed by atoms with E-state index in [1.54, 1.807) is 36.2 Å². The Hall–Kier alpha value is -3.63. The van der Waals surface area contributed by atoms with Crippen LogP contribution < -0.4 is 15.4 Å². The fourth-order valence-corrected chi connectivity index (χ4v) is 6.20. The van der Waals surface area contributed by atoms with Gasteiger partial charge in [0.2, 0.25) is 0 Å². The van der Waals surface area contributed by atoms with Crippen LogP contribution in [0.3, 0.4) is 0 Å². The number of carbonyl (C=O) groups is 2. The number of alkyl halides is 3. The van der Waals surface area contributed by atoms with Crippen LogP contribution >= 0.6 is 11.8 Å². The normalized spacial score (nSPS) is 20.9. The van der Waals surface area contributed by atoms with Gasteiger partial charge in [0.15, 0.2) is 0 Å². The van der Waals surface area contributed by atoms with Gasteiger partial charge in [-0.05, 0) is 85.0 Å². The molecule has 9 nitrogen and oxygen atoms in total. The number of fused-ring (bicyclic) bond motifs is 2. The van der Waals surface area contributed by atoms with E-state index in [0.29, 0.717) is 23.5 Å². The number of likely N-dealkylation sites (tertiary alicyclic amines) is 1. The van der Waals surface area contributed by atoms with Crippen LogP contribution in [0.1, 0.15) is 18.4 Å². The molecule has 2 fully saturated rings. The number of hydrogen-bond donors (Lipinski definition) is 2. The molecule has 1 aliphatic heterocycles. The Morgan fingerprint density at radius 2 is 1.76 bits per heavy atom. The van der Waals surface area contributed by atoms with Gasteiger partial charge in [-0.2, -0.15) is 18.4 Å². The molecule has 1 saturated carbocycles. The van der Waals surface area contributed by atoms with Gasteiger partial charge in [0, 0.05) is 43.3 Å². The van der Waals surface area contributed by atoms with Crippen LogP contribution in [0, 0.1) is 23.2 Å². The molecule has 1 heterocycles. The third-order valence-corrected chi connectivity index (χ3v) is 8.13. The summed E-state index contributed by atoms with van der Waals surface area (Å²) in [5.41, 5.74) is -3.42. The molecule has 0 spiro atoms. The number of benzene rings is 2. The van der Waals surface area contributed by atoms with E-state index < -0.39 is 11.6 Å². The maximum Gasteiger partial charge on any atom is 0.446 e. The zero-order valence-corrected chi connectivity index (χ0v) is 23.5. The highest BCUT2D eigenvalue weighted by Crippen LogP contribution is 2.40. The number of piperidine rings is 1. The first kappa shape index (κ1) is 30.3. The molecule has 0 radical (unpaired) electrons. The molecule has 0 aromatic heterocycles. The average Bonchev–Trinajstić information content (AvgIpc) is 3.21. The number of methoxy groups -OCH3 is 1. The standard InChI is InChI=1S/C28H32F3N5O4S/c1-35(26(37)33-21-7-11-24(12-8-21)41-28(29,30)31)25-19-5-6-20(25)15-36(14-19)16-22(34-27(38)39-2)17-40-23-9-3-18(13-32)4-10-23/h3-4,7-12,19-20,22,25H,5-6,14-17H2,1-2H3,(H,33,37)(H,34,38)/t19?,20?,22-,25?/m0/s1. The molecular formula is C28H32F3N5O4S. The number of thioether (sulfide) groups is 1. The Kier molecular flexibility index (Phi) is 9.88. The lowest BCUT2D eigenvalue weighted by atomic mass is 9.91. The number of ether oxygens (including phenoxy) is 2. The molecule has 2 bridgehead atoms. The number of alkyl carbamates (subject to hydrolysis) is 1. The van der Waals surface area contributed by atoms with Gasteiger partial charge in [-0.25, -0.2) is 9.59 Å². The van der Waals surface area contributed by atoms with Crippen molar-refractivity contribution in [2.75, 3.05) is 45.7 Å². The van der Waals surface area contributed by atoms with Crippen LogP contribution in [0.2, 0.25) is 0 Å². The smallest absolute Gasteiger partial charge is 0.446 e. The number of anilines is 1. The Morgan fingerprint density at radius 3 is 2.32 bits per heavy atom. The van der Waals surface area contributed by atoms with Crippen molar-refractivity contribution in [1.29, 1.82) is 5.26 Å². The highest BCUT2D eigenvalue weighted by Gasteiger charge is 2.45. The number of nitriles is 1. The van der Waals surface area contributed by atoms with E-state index >= 15 is 0 Å². The summed E-state index contributed by atoms with van der Waals surface area (Å²) in [6.07, 6.45) is 1.37. The minimum Gasteiger partial charge on any atom is -0.491 e. The molecular weight excluding hydrogens is 559 g/mol. The molecule has 41 heavy (non-hydrogen) atoms. The molecule has 1 saturated heterocycles. The minimum atomic E-state index is -4.37. The van der Waals surface area contributed by atoms with E-state index in [2.05, 4.69) is 21.6 Å². The number of amides is 3. The summed E-state index contributed by atoms with van der Waals surface area (Å²) in [5, 5.41) is 14.6. The zero-order valence-electron chi connectivity index (χ0n) is 22.7. The molecule has 220 valence electrons. The van der Waals surface area contributed by atoms with Gasteiger partial charge in [0.1, 0.15) is 12.4 Å². The second-order valence-electron chi connectivity index (χ2n) is 10.2. The number of nitrogens with zero attached hydrogens (tertiary/aromatic N) is 3. The maximum atomic E-state index is 13.0. The second kappa shape index (κ2) is 13.4. The monoisotopic (exact) mass is 591 g/mol. The van der Waals surface area contributed by atoms with Gasteiger partial charge in [-0.15, -0.1) is 0 Å². The van der Waals surface area contributed by atoms with Crippen molar-refractivity contribution in [3.63, 3.8) is 0 Å². The van der Waals surface area contributed by atoms with E-state index in [4.69, 9.17) is 14.7 Å². The Labute approximate surface area is 240 Å². The van der Waals surface area contributed by atoms with Crippen LogP contribution in [-0.4, -0.2) is 79.9 Å². The van der Waals surface area contributed by atoms with Crippen molar-refractivity contribution in [3.8, 4) is 11.8 Å². The van der Waals surface area contributed by atoms with Crippen molar-refractivity contribution >= 4 is 29.6 Å². The summed E-state index contributed by atoms with van der Waals surface area (Å²) in [5.74, 6) is 1.04. The third-order valence-electron chi connectivity index (χ3n) is 7.39. The summed E-state index contributed by atoms with van der Waals surface area (Å²) >= 11 is -0.198. The molecule has 2 N–H and O–H groups in total. The predicted octanol–water partition coefficient (Wildman–Crippen LogP) is 5.15. The van der Waals surface area contributed by atoms with Gasteiger partial charge in [-0.3, -0.25) is 0 Å². The van der Waals surface area contributed by atoms with Crippen LogP contribution in [0.25, 0.3) is 0 Å². The number of urea groups is 1. The van der Waals surface area contributed by atoms with Crippen LogP contribution in [-0.2, 0) is 4.74 Å². The van der Waals surface area contributed by atoms with E-state index in [1.165, 1.54) is 31.4 Å². The van der Waals surface area contributed by atoms with Crippen molar-refractivity contribution in [2.45, 2.75) is 35.3 Å². The van der Waals surface area contributed by atoms with E-state index in [-0.39, 0.29) is 53.2 Å². The molecule has 4 rings (SSSR count). The van der Waals surface area contributed by atoms with E-state index in [9.17, 15) is 22.8 Å². The number of nitrogens with one attached hydrogen (secondary N) is 2. The Bertz CT molecular complexity index is 1230. The highest BCUT2D eigenvalue weighted by atomic mass is 32.2. The fraction of sp³-hybridized carbons (Fsp3) is 0.464. The van der Waals surface area contributed by atoms with Gasteiger partial charge < -0.3 is 29.9 Å². The summed E-state index contributed by atoms with van der Waals surface area (Å²) in [4.78, 5) is 29.1. The fourth-order valence-electron chi connectivity index (χ4n) is 5.66. The lowest BCUT2D eigenvalue weighted by molar-refractivity contribution is -0.0328. The number of carbonyl (C=O) groups excluding carboxylic acids is 2. The zero-order chi connectivity index (χ0) is 29.6. The van der Waals surface area contributed by atoms with E-state index in [1.807, 2.05) is 0 Å². The van der Waals surface area contributed by atoms with Gasteiger partial charge in [-0.1, -0.05) is 0 Å². The highest BCUT2D eigenvalue weighted by molar-refractivity contribution is 8.00. The van der Waals surface area contributed by atoms with E-state index in [0.717, 1.165) is 25.9 Å². The van der Waals surface area contributed by atoms with Crippen molar-refractivity contribution in [1.82, 2.24) is 15.1 Å². The Morgan fingerprint density at radius 1 is 1.12 bits per heavy atom. The van der Waals surface area contributed by atoms with Gasteiger partial charge >= 0.3 is 17.6 Å². The molecule has 13 heteroatoms. The lowest BCUT2D eigenvalue weighted by Gasteiger charge is -2.43. The first-order valence-corrected chi connectivity index (χ1v) is 14.0. The first-order chi connectivity index (χ1) is 19.5. The quantitative estimate of drug-likeness (QED) is 0.389. The summed E-state index contributed by atoms with van der Waals surface area (Å²) < 4.78 is 48.4. The molecule has 2 aromatic rings. The molecule has 2 unspecified atom stereocenters. The third kappa shape index (κ3) is 8.43. The number of halogens is 3. The van der Waals surface area contributed by atoms with Crippen LogP contribution in [0.15, 0.2) is 53.4 Å². The largest absolute Gasteiger partial charge is 0.491 e. The lowest BCUT2D eigenvalue weighted by Crippen LogP contribution is -2.56. The number of hydrogen-bond acceptors (Lipinski definition) is 7. The van der Waals surface area contributed by atoms with Crippen molar-refractivity contribution in [2.24, 2.45) is 11.8 Å². The second-order valence-corrected chi connectivity index (χ2v) is 11.3. The topological polar surface area (TPSA) is 107 Å². The minimum absolute atomic E-state index is 0.0215. The summed E-state index contributed by atoms with van der Waals surface area (Å²) in [7, 11) is 3.05. The van der Waals surface area contributed by atoms with Gasteiger partial charge in [0.25, 0.3) is 0 Å². The van der Waals surface area contributed by atoms with Crippen molar-refractivity contribution in [3.05, 3.63) is 54.1 Å². The summed E-state index contributed by atoms with van der Waals surface area (Å²) in [6, 6.07) is 13.7. The molecule has 3 atom stereocenters. The van der Waals surface area contributed by atoms with Crippen LogP contribution in [0.4, 0.5) is 28.4 Å². The summed E-state index contributed by atoms with van der Waals surface area (Å²) in [6.45, 7) is 2.21. The Balaban J connectivity index is 1.33. The number of rotatable bonds is 9. The molecule has 2 aliphatic rings. The molecule has 3 amide bonds. The first-order valence-electron chi connectivity index (χ1n) is 13.1. The maximum absolute atomic E-state index is 13.0. The van der Waals surface area contributed by atoms with Crippen LogP contribution in [0.5, 0.6) is 5.75 Å². The predicted molar refractivity (Wildman–Crippen MR) is 148 cm³/mol. The average molecular weight is 592 g/mol. The molecule has 2 aromatic carbocycles. The van der Waals surface area contributed by atoms with Gasteiger partial charge in [0.05, 0.1) is 24.8 Å². The van der Waals surface area contributed by atoms with Crippen molar-refractivity contribution < 1.29 is 32.2 Å².